The smallest absolute Gasteiger partial charge is 0.338 e. The van der Waals surface area contributed by atoms with Crippen LogP contribution < -0.4 is 0 Å². The van der Waals surface area contributed by atoms with E-state index in [2.05, 4.69) is 0 Å². The summed E-state index contributed by atoms with van der Waals surface area (Å²) in [6.45, 7) is 7.31. The Labute approximate surface area is 189 Å². The fraction of sp³-hybridized carbons (Fsp3) is 0.600. The van der Waals surface area contributed by atoms with E-state index in [1.165, 1.54) is 0 Å². The zero-order valence-electron chi connectivity index (χ0n) is 19.3. The first-order chi connectivity index (χ1) is 14.9. The summed E-state index contributed by atoms with van der Waals surface area (Å²) in [6.07, 6.45) is -2.96. The Morgan fingerprint density at radius 2 is 1.88 bits per heavy atom. The average molecular weight is 449 g/mol. The third kappa shape index (κ3) is 6.72. The lowest BCUT2D eigenvalue weighted by Crippen LogP contribution is -2.40. The highest BCUT2D eigenvalue weighted by atomic mass is 16.6. The van der Waals surface area contributed by atoms with Gasteiger partial charge < -0.3 is 25.2 Å². The van der Waals surface area contributed by atoms with Gasteiger partial charge in [-0.25, -0.2) is 4.79 Å². The van der Waals surface area contributed by atoms with Gasteiger partial charge in [0.1, 0.15) is 11.9 Å². The van der Waals surface area contributed by atoms with Gasteiger partial charge in [-0.1, -0.05) is 51.1 Å². The molecule has 0 spiro atoms. The van der Waals surface area contributed by atoms with Crippen molar-refractivity contribution in [1.29, 1.82) is 0 Å². The molecular formula is C25H36O7. The van der Waals surface area contributed by atoms with Gasteiger partial charge in [0.25, 0.3) is 0 Å². The molecule has 0 saturated carbocycles. The number of ketones is 1. The number of benzene rings is 1. The van der Waals surface area contributed by atoms with E-state index < -0.39 is 35.8 Å². The second kappa shape index (κ2) is 11.2. The Balaban J connectivity index is 2.41. The second-order valence-electron chi connectivity index (χ2n) is 9.43. The Morgan fingerprint density at radius 1 is 1.19 bits per heavy atom. The summed E-state index contributed by atoms with van der Waals surface area (Å²) in [7, 11) is 0. The molecule has 1 aliphatic heterocycles. The largest absolute Gasteiger partial charge is 0.455 e. The predicted molar refractivity (Wildman–Crippen MR) is 120 cm³/mol. The molecule has 0 aromatic heterocycles. The van der Waals surface area contributed by atoms with Crippen LogP contribution in [-0.4, -0.2) is 63.2 Å². The van der Waals surface area contributed by atoms with E-state index in [0.717, 1.165) is 5.56 Å². The normalized spacial score (nSPS) is 28.6. The fourth-order valence-corrected chi connectivity index (χ4v) is 3.91. The Bertz CT molecular complexity index is 829. The van der Waals surface area contributed by atoms with Crippen LogP contribution in [0.15, 0.2) is 35.9 Å². The maximum absolute atomic E-state index is 12.8. The van der Waals surface area contributed by atoms with Crippen LogP contribution in [0.25, 0.3) is 0 Å². The van der Waals surface area contributed by atoms with Crippen molar-refractivity contribution in [3.8, 4) is 0 Å². The minimum atomic E-state index is -1.76. The van der Waals surface area contributed by atoms with Crippen molar-refractivity contribution in [2.75, 3.05) is 6.61 Å². The van der Waals surface area contributed by atoms with Crippen molar-refractivity contribution in [1.82, 2.24) is 0 Å². The van der Waals surface area contributed by atoms with Crippen LogP contribution in [0, 0.1) is 5.92 Å². The molecule has 0 saturated heterocycles. The molecule has 1 aliphatic rings. The molecule has 0 fully saturated rings. The lowest BCUT2D eigenvalue weighted by molar-refractivity contribution is -0.164. The molecule has 0 amide bonds. The Hall–Kier alpha value is -2.06. The Morgan fingerprint density at radius 3 is 2.53 bits per heavy atom. The number of aliphatic hydroxyl groups excluding tert-OH is 4. The summed E-state index contributed by atoms with van der Waals surface area (Å²) in [6, 6.07) is 7.20. The van der Waals surface area contributed by atoms with Gasteiger partial charge in [-0.05, 0) is 36.0 Å². The summed E-state index contributed by atoms with van der Waals surface area (Å²) < 4.78 is 5.45. The topological polar surface area (TPSA) is 124 Å². The van der Waals surface area contributed by atoms with Gasteiger partial charge in [0.05, 0.1) is 12.2 Å². The van der Waals surface area contributed by atoms with Crippen molar-refractivity contribution >= 4 is 11.8 Å². The molecule has 7 nitrogen and oxygen atoms in total. The van der Waals surface area contributed by atoms with Crippen molar-refractivity contribution in [3.05, 3.63) is 47.0 Å². The summed E-state index contributed by atoms with van der Waals surface area (Å²) in [5.41, 5.74) is 1.37. The molecular weight excluding hydrogens is 412 g/mol. The number of allylic oxidation sites excluding steroid dienone is 1. The minimum absolute atomic E-state index is 0.000656. The molecule has 1 heterocycles. The molecule has 2 bridgehead atoms. The summed E-state index contributed by atoms with van der Waals surface area (Å²) in [5, 5.41) is 40.8. The molecule has 2 unspecified atom stereocenters. The number of fused-ring (bicyclic) bond motifs is 2. The third-order valence-electron chi connectivity index (χ3n) is 6.29. The number of hydrogen-bond donors (Lipinski definition) is 4. The SMILES string of the molecule is C/C(=C/C(C)CCO)C1CC(=O)C[C@H](O)C(C)(C)c2cccc(c2)C[C@@H](O)[C@H](O)C(=O)O1. The van der Waals surface area contributed by atoms with Crippen LogP contribution in [0.3, 0.4) is 0 Å². The predicted octanol–water partition coefficient (Wildman–Crippen LogP) is 1.83. The van der Waals surface area contributed by atoms with Gasteiger partial charge in [-0.2, -0.15) is 0 Å². The number of carbonyl (C=O) groups is 2. The molecule has 32 heavy (non-hydrogen) atoms. The lowest BCUT2D eigenvalue weighted by Gasteiger charge is -2.32. The van der Waals surface area contributed by atoms with Crippen LogP contribution in [0.5, 0.6) is 0 Å². The van der Waals surface area contributed by atoms with Crippen LogP contribution in [0.4, 0.5) is 0 Å². The van der Waals surface area contributed by atoms with Gasteiger partial charge in [0.15, 0.2) is 6.10 Å². The van der Waals surface area contributed by atoms with Gasteiger partial charge in [0, 0.05) is 31.3 Å². The van der Waals surface area contributed by atoms with Crippen molar-refractivity contribution in [3.63, 3.8) is 0 Å². The molecule has 178 valence electrons. The van der Waals surface area contributed by atoms with Gasteiger partial charge in [0.2, 0.25) is 0 Å². The maximum atomic E-state index is 12.8. The number of carbonyl (C=O) groups excluding carboxylic acids is 2. The number of ether oxygens (including phenoxy) is 1. The number of cyclic esters (lactones) is 1. The van der Waals surface area contributed by atoms with E-state index in [1.807, 2.05) is 32.9 Å². The number of aliphatic hydroxyl groups is 4. The van der Waals surface area contributed by atoms with Crippen LogP contribution in [0.1, 0.15) is 58.1 Å². The third-order valence-corrected chi connectivity index (χ3v) is 6.29. The van der Waals surface area contributed by atoms with E-state index in [-0.39, 0.29) is 37.6 Å². The van der Waals surface area contributed by atoms with Crippen molar-refractivity contribution in [2.24, 2.45) is 5.92 Å². The van der Waals surface area contributed by atoms with Crippen LogP contribution in [0.2, 0.25) is 0 Å². The number of rotatable bonds is 4. The number of Topliss-reactive ketones (excluding diaryl/α,β-unsaturated/α-hetero) is 1. The molecule has 5 atom stereocenters. The number of esters is 1. The van der Waals surface area contributed by atoms with E-state index in [1.54, 1.807) is 25.1 Å². The van der Waals surface area contributed by atoms with Gasteiger partial charge >= 0.3 is 5.97 Å². The molecule has 1 aromatic rings. The van der Waals surface area contributed by atoms with Crippen molar-refractivity contribution < 1.29 is 34.8 Å². The lowest BCUT2D eigenvalue weighted by atomic mass is 9.76. The summed E-state index contributed by atoms with van der Waals surface area (Å²) in [5.74, 6) is -1.30. The Kier molecular flexibility index (Phi) is 9.16. The van der Waals surface area contributed by atoms with E-state index in [4.69, 9.17) is 9.84 Å². The fourth-order valence-electron chi connectivity index (χ4n) is 3.91. The summed E-state index contributed by atoms with van der Waals surface area (Å²) >= 11 is 0. The van der Waals surface area contributed by atoms with Crippen LogP contribution >= 0.6 is 0 Å². The number of hydrogen-bond acceptors (Lipinski definition) is 7. The quantitative estimate of drug-likeness (QED) is 0.409. The highest BCUT2D eigenvalue weighted by Crippen LogP contribution is 2.31. The first kappa shape index (κ1) is 26.2. The monoisotopic (exact) mass is 448 g/mol. The van der Waals surface area contributed by atoms with Gasteiger partial charge in [-0.3, -0.25) is 4.79 Å². The van der Waals surface area contributed by atoms with Gasteiger partial charge in [-0.15, -0.1) is 0 Å². The van der Waals surface area contributed by atoms with E-state index >= 15 is 0 Å². The zero-order chi connectivity index (χ0) is 24.1. The molecule has 0 radical (unpaired) electrons. The maximum Gasteiger partial charge on any atom is 0.338 e. The molecule has 0 aliphatic carbocycles. The van der Waals surface area contributed by atoms with Crippen molar-refractivity contribution in [2.45, 2.75) is 83.2 Å². The highest BCUT2D eigenvalue weighted by molar-refractivity contribution is 5.81. The summed E-state index contributed by atoms with van der Waals surface area (Å²) in [4.78, 5) is 25.4. The molecule has 7 heteroatoms. The van der Waals surface area contributed by atoms with Crippen LogP contribution in [-0.2, 0) is 26.2 Å². The molecule has 4 N–H and O–H groups in total. The first-order valence-corrected chi connectivity index (χ1v) is 11.1. The zero-order valence-corrected chi connectivity index (χ0v) is 19.3. The van der Waals surface area contributed by atoms with E-state index in [0.29, 0.717) is 17.6 Å². The highest BCUT2D eigenvalue weighted by Gasteiger charge is 2.35. The average Bonchev–Trinajstić information content (AvgIpc) is 2.72. The molecule has 2 rings (SSSR count). The standard InChI is InChI=1S/C25H36O7/c1-15(8-9-26)10-16(2)21-13-19(27)14-22(29)25(3,4)18-7-5-6-17(11-18)12-20(28)23(30)24(31)32-21/h5-7,10-11,15,20-23,26,28-30H,8-9,12-14H2,1-4H3/b16-10-/t15?,20-,21?,22+,23+/m1/s1. The van der Waals surface area contributed by atoms with E-state index in [9.17, 15) is 24.9 Å². The second-order valence-corrected chi connectivity index (χ2v) is 9.43. The molecule has 1 aromatic carbocycles. The minimum Gasteiger partial charge on any atom is -0.455 e. The first-order valence-electron chi connectivity index (χ1n) is 11.1.